The summed E-state index contributed by atoms with van der Waals surface area (Å²) >= 11 is 0. The summed E-state index contributed by atoms with van der Waals surface area (Å²) in [6.45, 7) is 1.11. The summed E-state index contributed by atoms with van der Waals surface area (Å²) in [5.41, 5.74) is 1.88. The SMILES string of the molecule is O=C(Nc1cccc(N2CCNC2=O)c1)c1ccccc1C(=O)c1ccc(F)cc1. The molecule has 0 atom stereocenters. The van der Waals surface area contributed by atoms with Crippen LogP contribution in [0.4, 0.5) is 20.6 Å². The first-order valence-electron chi connectivity index (χ1n) is 9.39. The fourth-order valence-electron chi connectivity index (χ4n) is 3.30. The highest BCUT2D eigenvalue weighted by Crippen LogP contribution is 2.22. The van der Waals surface area contributed by atoms with Crippen LogP contribution in [0.3, 0.4) is 0 Å². The van der Waals surface area contributed by atoms with E-state index in [1.165, 1.54) is 24.3 Å². The molecule has 0 bridgehead atoms. The molecule has 1 aliphatic rings. The fraction of sp³-hybridized carbons (Fsp3) is 0.0870. The van der Waals surface area contributed by atoms with E-state index in [0.717, 1.165) is 0 Å². The Morgan fingerprint density at radius 1 is 0.933 bits per heavy atom. The molecule has 0 radical (unpaired) electrons. The van der Waals surface area contributed by atoms with Crippen molar-refractivity contribution in [3.05, 3.63) is 95.3 Å². The lowest BCUT2D eigenvalue weighted by Gasteiger charge is -2.16. The zero-order valence-electron chi connectivity index (χ0n) is 15.9. The molecular formula is C23H18FN3O3. The summed E-state index contributed by atoms with van der Waals surface area (Å²) in [4.78, 5) is 39.2. The van der Waals surface area contributed by atoms with E-state index in [9.17, 15) is 18.8 Å². The first-order valence-corrected chi connectivity index (χ1v) is 9.39. The Morgan fingerprint density at radius 2 is 1.67 bits per heavy atom. The van der Waals surface area contributed by atoms with Crippen LogP contribution in [0.15, 0.2) is 72.8 Å². The van der Waals surface area contributed by atoms with Crippen molar-refractivity contribution >= 4 is 29.1 Å². The van der Waals surface area contributed by atoms with Crippen molar-refractivity contribution in [2.75, 3.05) is 23.3 Å². The molecule has 6 nitrogen and oxygen atoms in total. The number of urea groups is 1. The van der Waals surface area contributed by atoms with Crippen molar-refractivity contribution in [3.8, 4) is 0 Å². The fourth-order valence-corrected chi connectivity index (χ4v) is 3.30. The smallest absolute Gasteiger partial charge is 0.321 e. The second-order valence-electron chi connectivity index (χ2n) is 6.77. The summed E-state index contributed by atoms with van der Waals surface area (Å²) in [5.74, 6) is -1.27. The predicted molar refractivity (Wildman–Crippen MR) is 111 cm³/mol. The molecule has 30 heavy (non-hydrogen) atoms. The van der Waals surface area contributed by atoms with E-state index in [-0.39, 0.29) is 22.9 Å². The van der Waals surface area contributed by atoms with Gasteiger partial charge in [-0.3, -0.25) is 14.5 Å². The quantitative estimate of drug-likeness (QED) is 0.636. The van der Waals surface area contributed by atoms with Crippen LogP contribution >= 0.6 is 0 Å². The van der Waals surface area contributed by atoms with Crippen LogP contribution in [0, 0.1) is 5.82 Å². The van der Waals surface area contributed by atoms with Crippen LogP contribution in [0.25, 0.3) is 0 Å². The third-order valence-electron chi connectivity index (χ3n) is 4.80. The topological polar surface area (TPSA) is 78.5 Å². The van der Waals surface area contributed by atoms with Gasteiger partial charge >= 0.3 is 6.03 Å². The zero-order chi connectivity index (χ0) is 21.1. The minimum atomic E-state index is -0.455. The molecule has 4 rings (SSSR count). The molecule has 7 heteroatoms. The Kier molecular flexibility index (Phi) is 5.26. The summed E-state index contributed by atoms with van der Waals surface area (Å²) in [6, 6.07) is 18.4. The summed E-state index contributed by atoms with van der Waals surface area (Å²) < 4.78 is 13.2. The van der Waals surface area contributed by atoms with Gasteiger partial charge < -0.3 is 10.6 Å². The first-order chi connectivity index (χ1) is 14.5. The van der Waals surface area contributed by atoms with Gasteiger partial charge in [0.05, 0.1) is 5.56 Å². The van der Waals surface area contributed by atoms with E-state index >= 15 is 0 Å². The normalized spacial score (nSPS) is 13.1. The highest BCUT2D eigenvalue weighted by Gasteiger charge is 2.22. The van der Waals surface area contributed by atoms with Gasteiger partial charge in [-0.2, -0.15) is 0 Å². The number of hydrogen-bond acceptors (Lipinski definition) is 3. The van der Waals surface area contributed by atoms with Crippen LogP contribution in [0.2, 0.25) is 0 Å². The molecule has 3 aromatic carbocycles. The van der Waals surface area contributed by atoms with E-state index in [4.69, 9.17) is 0 Å². The van der Waals surface area contributed by atoms with Crippen molar-refractivity contribution in [1.82, 2.24) is 5.32 Å². The van der Waals surface area contributed by atoms with E-state index in [1.807, 2.05) is 0 Å². The highest BCUT2D eigenvalue weighted by atomic mass is 19.1. The van der Waals surface area contributed by atoms with Crippen LogP contribution in [-0.4, -0.2) is 30.8 Å². The summed E-state index contributed by atoms with van der Waals surface area (Å²) in [5, 5.41) is 5.52. The molecule has 2 N–H and O–H groups in total. The van der Waals surface area contributed by atoms with Crippen molar-refractivity contribution in [2.45, 2.75) is 0 Å². The Labute approximate surface area is 172 Å². The Hall–Kier alpha value is -4.00. The van der Waals surface area contributed by atoms with Gasteiger partial charge in [-0.25, -0.2) is 9.18 Å². The standard InChI is InChI=1S/C23H18FN3O3/c24-16-10-8-15(9-11-16)21(28)19-6-1-2-7-20(19)22(29)26-17-4-3-5-18(14-17)27-13-12-25-23(27)30/h1-11,14H,12-13H2,(H,25,30)(H,26,29). The van der Waals surface area contributed by atoms with Gasteiger partial charge in [0.25, 0.3) is 5.91 Å². The number of nitrogens with zero attached hydrogens (tertiary/aromatic N) is 1. The van der Waals surface area contributed by atoms with Gasteiger partial charge in [-0.1, -0.05) is 24.3 Å². The number of rotatable bonds is 5. The number of anilines is 2. The van der Waals surface area contributed by atoms with E-state index < -0.39 is 11.7 Å². The van der Waals surface area contributed by atoms with E-state index in [1.54, 1.807) is 53.4 Å². The predicted octanol–water partition coefficient (Wildman–Crippen LogP) is 3.84. The number of carbonyl (C=O) groups excluding carboxylic acids is 3. The largest absolute Gasteiger partial charge is 0.336 e. The third-order valence-corrected chi connectivity index (χ3v) is 4.80. The van der Waals surface area contributed by atoms with Crippen molar-refractivity contribution < 1.29 is 18.8 Å². The molecule has 0 saturated carbocycles. The van der Waals surface area contributed by atoms with Crippen LogP contribution < -0.4 is 15.5 Å². The summed E-state index contributed by atoms with van der Waals surface area (Å²) in [6.07, 6.45) is 0. The van der Waals surface area contributed by atoms with Gasteiger partial charge in [0.2, 0.25) is 0 Å². The monoisotopic (exact) mass is 403 g/mol. The van der Waals surface area contributed by atoms with Gasteiger partial charge in [0.15, 0.2) is 5.78 Å². The molecule has 1 fully saturated rings. The minimum Gasteiger partial charge on any atom is -0.336 e. The van der Waals surface area contributed by atoms with Crippen LogP contribution in [-0.2, 0) is 0 Å². The van der Waals surface area contributed by atoms with Gasteiger partial charge in [0.1, 0.15) is 5.82 Å². The maximum absolute atomic E-state index is 13.2. The average Bonchev–Trinajstić information content (AvgIpc) is 3.20. The second-order valence-corrected chi connectivity index (χ2v) is 6.77. The number of amides is 3. The number of halogens is 1. The third kappa shape index (κ3) is 3.91. The van der Waals surface area contributed by atoms with Crippen molar-refractivity contribution in [3.63, 3.8) is 0 Å². The Balaban J connectivity index is 1.58. The molecule has 3 aromatic rings. The average molecular weight is 403 g/mol. The van der Waals surface area contributed by atoms with E-state index in [0.29, 0.717) is 30.0 Å². The molecule has 3 amide bonds. The number of ketones is 1. The van der Waals surface area contributed by atoms with Gasteiger partial charge in [-0.15, -0.1) is 0 Å². The second kappa shape index (κ2) is 8.16. The molecule has 0 aromatic heterocycles. The molecule has 1 heterocycles. The lowest BCUT2D eigenvalue weighted by Crippen LogP contribution is -2.27. The van der Waals surface area contributed by atoms with Crippen LogP contribution in [0.1, 0.15) is 26.3 Å². The highest BCUT2D eigenvalue weighted by molar-refractivity contribution is 6.17. The molecule has 1 aliphatic heterocycles. The zero-order valence-corrected chi connectivity index (χ0v) is 15.9. The molecule has 0 unspecified atom stereocenters. The maximum Gasteiger partial charge on any atom is 0.321 e. The Bertz CT molecular complexity index is 1130. The molecule has 0 spiro atoms. The summed E-state index contributed by atoms with van der Waals surface area (Å²) in [7, 11) is 0. The number of nitrogens with one attached hydrogen (secondary N) is 2. The molecule has 150 valence electrons. The number of carbonyl (C=O) groups is 3. The van der Waals surface area contributed by atoms with Gasteiger partial charge in [-0.05, 0) is 48.5 Å². The lowest BCUT2D eigenvalue weighted by molar-refractivity contribution is 0.0996. The van der Waals surface area contributed by atoms with Crippen molar-refractivity contribution in [1.29, 1.82) is 0 Å². The molecule has 1 saturated heterocycles. The Morgan fingerprint density at radius 3 is 2.37 bits per heavy atom. The van der Waals surface area contributed by atoms with Gasteiger partial charge in [0, 0.05) is 35.6 Å². The minimum absolute atomic E-state index is 0.186. The van der Waals surface area contributed by atoms with Crippen LogP contribution in [0.5, 0.6) is 0 Å². The maximum atomic E-state index is 13.2. The first kappa shape index (κ1) is 19.3. The molecular weight excluding hydrogens is 385 g/mol. The molecule has 0 aliphatic carbocycles. The number of benzene rings is 3. The van der Waals surface area contributed by atoms with E-state index in [2.05, 4.69) is 10.6 Å². The number of hydrogen-bond donors (Lipinski definition) is 2. The van der Waals surface area contributed by atoms with Crippen molar-refractivity contribution in [2.24, 2.45) is 0 Å². The lowest BCUT2D eigenvalue weighted by atomic mass is 9.98.